The van der Waals surface area contributed by atoms with E-state index < -0.39 is 17.7 Å². The Labute approximate surface area is 174 Å². The number of ether oxygens (including phenoxy) is 1. The Morgan fingerprint density at radius 2 is 1.77 bits per heavy atom. The average molecular weight is 403 g/mol. The second kappa shape index (κ2) is 8.29. The van der Waals surface area contributed by atoms with Crippen LogP contribution in [0.2, 0.25) is 0 Å². The van der Waals surface area contributed by atoms with E-state index in [1.807, 2.05) is 13.0 Å². The SMILES string of the molecule is CCOc1ccc(C2C(=C(O)c3ccccc3)C(=O)C(=O)N2Cc2ccco2)cc1. The molecule has 6 heteroatoms. The molecule has 0 saturated carbocycles. The van der Waals surface area contributed by atoms with Gasteiger partial charge in [0.05, 0.1) is 31.0 Å². The number of hydrogen-bond acceptors (Lipinski definition) is 5. The molecule has 1 atom stereocenters. The second-order valence-electron chi connectivity index (χ2n) is 6.87. The smallest absolute Gasteiger partial charge is 0.296 e. The third kappa shape index (κ3) is 3.59. The number of nitrogens with zero attached hydrogens (tertiary/aromatic N) is 1. The first-order chi connectivity index (χ1) is 14.6. The predicted molar refractivity (Wildman–Crippen MR) is 111 cm³/mol. The molecule has 0 radical (unpaired) electrons. The van der Waals surface area contributed by atoms with Crippen molar-refractivity contribution in [2.24, 2.45) is 0 Å². The number of rotatable bonds is 6. The van der Waals surface area contributed by atoms with E-state index in [1.165, 1.54) is 11.2 Å². The zero-order valence-corrected chi connectivity index (χ0v) is 16.4. The summed E-state index contributed by atoms with van der Waals surface area (Å²) in [5, 5.41) is 11.0. The van der Waals surface area contributed by atoms with Crippen molar-refractivity contribution in [3.8, 4) is 5.75 Å². The molecule has 1 unspecified atom stereocenters. The molecule has 0 aliphatic carbocycles. The van der Waals surface area contributed by atoms with Crippen molar-refractivity contribution in [2.45, 2.75) is 19.5 Å². The van der Waals surface area contributed by atoms with Crippen molar-refractivity contribution >= 4 is 17.4 Å². The van der Waals surface area contributed by atoms with E-state index in [1.54, 1.807) is 60.7 Å². The molecule has 0 bridgehead atoms. The molecule has 1 fully saturated rings. The van der Waals surface area contributed by atoms with Crippen LogP contribution in [0.5, 0.6) is 5.75 Å². The van der Waals surface area contributed by atoms with Crippen molar-refractivity contribution in [3.05, 3.63) is 95.5 Å². The van der Waals surface area contributed by atoms with E-state index in [4.69, 9.17) is 9.15 Å². The minimum absolute atomic E-state index is 0.0573. The van der Waals surface area contributed by atoms with Gasteiger partial charge in [-0.25, -0.2) is 0 Å². The van der Waals surface area contributed by atoms with Crippen LogP contribution in [0.1, 0.15) is 29.9 Å². The molecule has 1 aliphatic rings. The monoisotopic (exact) mass is 403 g/mol. The highest BCUT2D eigenvalue weighted by atomic mass is 16.5. The van der Waals surface area contributed by atoms with Crippen LogP contribution >= 0.6 is 0 Å². The summed E-state index contributed by atoms with van der Waals surface area (Å²) in [6.07, 6.45) is 1.52. The van der Waals surface area contributed by atoms with Gasteiger partial charge in [0.2, 0.25) is 0 Å². The number of hydrogen-bond donors (Lipinski definition) is 1. The summed E-state index contributed by atoms with van der Waals surface area (Å²) < 4.78 is 10.9. The lowest BCUT2D eigenvalue weighted by Crippen LogP contribution is -2.29. The molecule has 1 aromatic heterocycles. The van der Waals surface area contributed by atoms with Gasteiger partial charge in [0, 0.05) is 5.56 Å². The molecular formula is C24H21NO5. The van der Waals surface area contributed by atoms with E-state index >= 15 is 0 Å². The van der Waals surface area contributed by atoms with Crippen molar-refractivity contribution in [1.82, 2.24) is 4.90 Å². The first-order valence-corrected chi connectivity index (χ1v) is 9.69. The standard InChI is InChI=1S/C24H21NO5/c1-2-29-18-12-10-16(11-13-18)21-20(22(26)17-7-4-3-5-8-17)23(27)24(28)25(21)15-19-9-6-14-30-19/h3-14,21,26H,2,15H2,1H3. The number of amides is 1. The number of carbonyl (C=O) groups excluding carboxylic acids is 2. The first-order valence-electron chi connectivity index (χ1n) is 9.69. The summed E-state index contributed by atoms with van der Waals surface area (Å²) >= 11 is 0. The van der Waals surface area contributed by atoms with Crippen molar-refractivity contribution in [2.75, 3.05) is 6.61 Å². The lowest BCUT2D eigenvalue weighted by atomic mass is 9.95. The van der Waals surface area contributed by atoms with Gasteiger partial charge in [-0.1, -0.05) is 42.5 Å². The molecule has 0 spiro atoms. The Morgan fingerprint density at radius 1 is 1.03 bits per heavy atom. The maximum atomic E-state index is 12.9. The summed E-state index contributed by atoms with van der Waals surface area (Å²) in [5.74, 6) is -0.362. The molecule has 30 heavy (non-hydrogen) atoms. The van der Waals surface area contributed by atoms with Gasteiger partial charge in [0.25, 0.3) is 11.7 Å². The van der Waals surface area contributed by atoms with Crippen LogP contribution in [-0.2, 0) is 16.1 Å². The fourth-order valence-electron chi connectivity index (χ4n) is 3.62. The highest BCUT2D eigenvalue weighted by Gasteiger charge is 2.46. The normalized spacial score (nSPS) is 18.0. The molecule has 2 aromatic carbocycles. The maximum absolute atomic E-state index is 12.9. The van der Waals surface area contributed by atoms with Crippen LogP contribution < -0.4 is 4.74 Å². The van der Waals surface area contributed by atoms with Gasteiger partial charge in [-0.15, -0.1) is 0 Å². The molecule has 1 saturated heterocycles. The first kappa shape index (κ1) is 19.5. The summed E-state index contributed by atoms with van der Waals surface area (Å²) in [6.45, 7) is 2.54. The predicted octanol–water partition coefficient (Wildman–Crippen LogP) is 4.30. The number of benzene rings is 2. The number of Topliss-reactive ketones (excluding diaryl/α,β-unsaturated/α-hetero) is 1. The maximum Gasteiger partial charge on any atom is 0.296 e. The molecule has 152 valence electrons. The Morgan fingerprint density at radius 3 is 2.40 bits per heavy atom. The van der Waals surface area contributed by atoms with Gasteiger partial charge >= 0.3 is 0 Å². The Kier molecular flexibility index (Phi) is 5.39. The zero-order chi connectivity index (χ0) is 21.1. The van der Waals surface area contributed by atoms with Gasteiger partial charge in [0.1, 0.15) is 17.3 Å². The number of furan rings is 1. The lowest BCUT2D eigenvalue weighted by molar-refractivity contribution is -0.140. The largest absolute Gasteiger partial charge is 0.507 e. The molecule has 1 amide bonds. The Hall–Kier alpha value is -3.80. The summed E-state index contributed by atoms with van der Waals surface area (Å²) in [7, 11) is 0. The van der Waals surface area contributed by atoms with Crippen molar-refractivity contribution in [3.63, 3.8) is 0 Å². The highest BCUT2D eigenvalue weighted by Crippen LogP contribution is 2.40. The minimum atomic E-state index is -0.744. The topological polar surface area (TPSA) is 80.0 Å². The zero-order valence-electron chi connectivity index (χ0n) is 16.4. The van der Waals surface area contributed by atoms with Gasteiger partial charge in [0.15, 0.2) is 0 Å². The molecule has 1 N–H and O–H groups in total. The minimum Gasteiger partial charge on any atom is -0.507 e. The Bertz CT molecular complexity index is 1070. The van der Waals surface area contributed by atoms with E-state index in [9.17, 15) is 14.7 Å². The number of ketones is 1. The lowest BCUT2D eigenvalue weighted by Gasteiger charge is -2.24. The molecule has 3 aromatic rings. The molecule has 1 aliphatic heterocycles. The quantitative estimate of drug-likeness (QED) is 0.377. The van der Waals surface area contributed by atoms with E-state index in [0.717, 1.165) is 0 Å². The number of carbonyl (C=O) groups is 2. The van der Waals surface area contributed by atoms with Crippen LogP contribution in [0.4, 0.5) is 0 Å². The second-order valence-corrected chi connectivity index (χ2v) is 6.87. The number of aliphatic hydroxyl groups is 1. The van der Waals surface area contributed by atoms with Crippen LogP contribution in [0.25, 0.3) is 5.76 Å². The van der Waals surface area contributed by atoms with Crippen molar-refractivity contribution in [1.29, 1.82) is 0 Å². The van der Waals surface area contributed by atoms with Gasteiger partial charge < -0.3 is 19.2 Å². The van der Waals surface area contributed by atoms with E-state index in [2.05, 4.69) is 0 Å². The van der Waals surface area contributed by atoms with Crippen molar-refractivity contribution < 1.29 is 23.8 Å². The van der Waals surface area contributed by atoms with Gasteiger partial charge in [-0.3, -0.25) is 9.59 Å². The Balaban J connectivity index is 1.82. The van der Waals surface area contributed by atoms with Crippen LogP contribution in [-0.4, -0.2) is 28.3 Å². The third-order valence-electron chi connectivity index (χ3n) is 5.00. The fraction of sp³-hybridized carbons (Fsp3) is 0.167. The highest BCUT2D eigenvalue weighted by molar-refractivity contribution is 6.46. The van der Waals surface area contributed by atoms with Gasteiger partial charge in [-0.05, 0) is 36.8 Å². The van der Waals surface area contributed by atoms with Crippen LogP contribution in [0.3, 0.4) is 0 Å². The summed E-state index contributed by atoms with van der Waals surface area (Å²) in [4.78, 5) is 27.3. The van der Waals surface area contributed by atoms with Crippen LogP contribution in [0, 0.1) is 0 Å². The number of likely N-dealkylation sites (tertiary alicyclic amines) is 1. The third-order valence-corrected chi connectivity index (χ3v) is 5.00. The molecular weight excluding hydrogens is 382 g/mol. The van der Waals surface area contributed by atoms with Crippen LogP contribution in [0.15, 0.2) is 83.0 Å². The van der Waals surface area contributed by atoms with Gasteiger partial charge in [-0.2, -0.15) is 0 Å². The fourth-order valence-corrected chi connectivity index (χ4v) is 3.62. The average Bonchev–Trinajstić information content (AvgIpc) is 3.37. The summed E-state index contributed by atoms with van der Waals surface area (Å²) in [6, 6.07) is 18.6. The van der Waals surface area contributed by atoms with E-state index in [0.29, 0.717) is 29.2 Å². The summed E-state index contributed by atoms with van der Waals surface area (Å²) in [5.41, 5.74) is 1.23. The number of aliphatic hydroxyl groups excluding tert-OH is 1. The molecule has 2 heterocycles. The molecule has 6 nitrogen and oxygen atoms in total. The van der Waals surface area contributed by atoms with E-state index in [-0.39, 0.29) is 17.9 Å². The molecule has 4 rings (SSSR count).